The average Bonchev–Trinajstić information content (AvgIpc) is 2.72. The molecule has 0 radical (unpaired) electrons. The fourth-order valence-electron chi connectivity index (χ4n) is 3.41. The Morgan fingerprint density at radius 1 is 1.17 bits per heavy atom. The van der Waals surface area contributed by atoms with Crippen LogP contribution in [-0.2, 0) is 11.3 Å². The largest absolute Gasteiger partial charge is 0.497 e. The minimum atomic E-state index is -0.123. The summed E-state index contributed by atoms with van der Waals surface area (Å²) in [5.74, 6) is 0.900. The Balaban J connectivity index is 1.70. The van der Waals surface area contributed by atoms with E-state index in [1.54, 1.807) is 13.2 Å². The summed E-state index contributed by atoms with van der Waals surface area (Å²) in [5.41, 5.74) is 2.57. The van der Waals surface area contributed by atoms with Gasteiger partial charge >= 0.3 is 0 Å². The second kappa shape index (κ2) is 8.90. The van der Waals surface area contributed by atoms with Gasteiger partial charge in [0.15, 0.2) is 0 Å². The highest BCUT2D eigenvalue weighted by Crippen LogP contribution is 2.24. The molecule has 3 rings (SSSR count). The van der Waals surface area contributed by atoms with Crippen LogP contribution in [-0.4, -0.2) is 22.6 Å². The van der Waals surface area contributed by atoms with Crippen molar-refractivity contribution in [2.24, 2.45) is 5.92 Å². The van der Waals surface area contributed by atoms with Crippen LogP contribution in [0.3, 0.4) is 0 Å². The average molecular weight is 393 g/mol. The molecule has 0 aliphatic carbocycles. The zero-order chi connectivity index (χ0) is 21.0. The zero-order valence-corrected chi connectivity index (χ0v) is 17.3. The van der Waals surface area contributed by atoms with Gasteiger partial charge in [-0.05, 0) is 42.2 Å². The number of ether oxygens (including phenoxy) is 1. The first kappa shape index (κ1) is 20.6. The number of rotatable bonds is 7. The summed E-state index contributed by atoms with van der Waals surface area (Å²) in [7, 11) is 1.63. The van der Waals surface area contributed by atoms with Crippen molar-refractivity contribution in [1.29, 1.82) is 0 Å². The Kier molecular flexibility index (Phi) is 6.32. The van der Waals surface area contributed by atoms with Gasteiger partial charge in [-0.1, -0.05) is 38.1 Å². The number of para-hydroxylation sites is 1. The van der Waals surface area contributed by atoms with E-state index in [4.69, 9.17) is 4.74 Å². The van der Waals surface area contributed by atoms with Crippen molar-refractivity contribution in [3.8, 4) is 5.75 Å². The summed E-state index contributed by atoms with van der Waals surface area (Å²) in [4.78, 5) is 29.7. The molecule has 3 aromatic rings. The number of aromatic nitrogens is 2. The molecule has 0 bridgehead atoms. The van der Waals surface area contributed by atoms with Gasteiger partial charge in [-0.15, -0.1) is 0 Å². The number of nitrogens with one attached hydrogen (secondary N) is 1. The predicted molar refractivity (Wildman–Crippen MR) is 114 cm³/mol. The number of hydrogen-bond donors (Lipinski definition) is 1. The Morgan fingerprint density at radius 3 is 2.55 bits per heavy atom. The fourth-order valence-corrected chi connectivity index (χ4v) is 3.41. The molecule has 2 aromatic carbocycles. The van der Waals surface area contributed by atoms with Gasteiger partial charge in [-0.2, -0.15) is 0 Å². The smallest absolute Gasteiger partial charge is 0.261 e. The maximum atomic E-state index is 12.7. The number of benzene rings is 2. The van der Waals surface area contributed by atoms with Crippen LogP contribution in [0.5, 0.6) is 5.75 Å². The number of aryl methyl sites for hydroxylation is 2. The first-order valence-corrected chi connectivity index (χ1v) is 9.78. The van der Waals surface area contributed by atoms with E-state index in [-0.39, 0.29) is 36.4 Å². The molecule has 1 amide bonds. The predicted octanol–water partition coefficient (Wildman–Crippen LogP) is 3.62. The van der Waals surface area contributed by atoms with E-state index in [2.05, 4.69) is 24.1 Å². The zero-order valence-electron chi connectivity index (χ0n) is 17.3. The number of carbonyl (C=O) groups is 1. The Labute approximate surface area is 170 Å². The van der Waals surface area contributed by atoms with Gasteiger partial charge < -0.3 is 10.1 Å². The molecular formula is C23H27N3O3. The summed E-state index contributed by atoms with van der Waals surface area (Å²) in [6.45, 7) is 6.34. The molecular weight excluding hydrogens is 366 g/mol. The molecule has 1 aromatic heterocycles. The van der Waals surface area contributed by atoms with E-state index in [0.29, 0.717) is 10.9 Å². The Hall–Kier alpha value is -3.15. The van der Waals surface area contributed by atoms with Crippen LogP contribution < -0.4 is 15.6 Å². The molecule has 1 unspecified atom stereocenters. The lowest BCUT2D eigenvalue weighted by molar-refractivity contribution is -0.122. The lowest BCUT2D eigenvalue weighted by atomic mass is 9.96. The van der Waals surface area contributed by atoms with Crippen LogP contribution in [0.25, 0.3) is 10.9 Å². The number of hydrogen-bond acceptors (Lipinski definition) is 4. The Morgan fingerprint density at radius 2 is 1.90 bits per heavy atom. The molecule has 29 heavy (non-hydrogen) atoms. The van der Waals surface area contributed by atoms with Gasteiger partial charge in [-0.25, -0.2) is 4.98 Å². The van der Waals surface area contributed by atoms with Gasteiger partial charge in [-0.3, -0.25) is 14.2 Å². The second-order valence-electron chi connectivity index (χ2n) is 7.53. The van der Waals surface area contributed by atoms with E-state index in [9.17, 15) is 9.59 Å². The molecule has 6 heteroatoms. The lowest BCUT2D eigenvalue weighted by Crippen LogP contribution is -2.33. The van der Waals surface area contributed by atoms with E-state index in [0.717, 1.165) is 16.9 Å². The molecule has 152 valence electrons. The highest BCUT2D eigenvalue weighted by atomic mass is 16.5. The number of amides is 1. The quantitative estimate of drug-likeness (QED) is 0.665. The first-order valence-electron chi connectivity index (χ1n) is 9.78. The van der Waals surface area contributed by atoms with Crippen LogP contribution in [0, 0.1) is 12.8 Å². The van der Waals surface area contributed by atoms with E-state index in [1.165, 1.54) is 10.9 Å². The van der Waals surface area contributed by atoms with Gasteiger partial charge in [0.05, 0.1) is 30.4 Å². The maximum Gasteiger partial charge on any atom is 0.261 e. The van der Waals surface area contributed by atoms with Crippen molar-refractivity contribution < 1.29 is 9.53 Å². The van der Waals surface area contributed by atoms with Crippen LogP contribution in [0.1, 0.15) is 37.4 Å². The highest BCUT2D eigenvalue weighted by molar-refractivity contribution is 5.80. The summed E-state index contributed by atoms with van der Waals surface area (Å²) in [5, 5.41) is 3.67. The molecule has 0 saturated heterocycles. The standard InChI is InChI=1S/C23H27N3O3/c1-15(2)21(17-8-10-18(29-4)11-9-17)25-20(27)12-13-26-14-24-22-16(3)6-5-7-19(22)23(26)28/h5-11,14-15,21H,12-13H2,1-4H3,(H,25,27). The monoisotopic (exact) mass is 393 g/mol. The summed E-state index contributed by atoms with van der Waals surface area (Å²) < 4.78 is 6.70. The number of carbonyl (C=O) groups excluding carboxylic acids is 1. The van der Waals surface area contributed by atoms with Gasteiger partial charge in [0.25, 0.3) is 5.56 Å². The molecule has 0 spiro atoms. The van der Waals surface area contributed by atoms with Crippen LogP contribution in [0.15, 0.2) is 53.6 Å². The molecule has 1 N–H and O–H groups in total. The highest BCUT2D eigenvalue weighted by Gasteiger charge is 2.18. The fraction of sp³-hybridized carbons (Fsp3) is 0.348. The third kappa shape index (κ3) is 4.65. The normalized spacial score (nSPS) is 12.2. The lowest BCUT2D eigenvalue weighted by Gasteiger charge is -2.23. The molecule has 0 saturated carbocycles. The third-order valence-corrected chi connectivity index (χ3v) is 5.09. The van der Waals surface area contributed by atoms with Crippen LogP contribution >= 0.6 is 0 Å². The summed E-state index contributed by atoms with van der Waals surface area (Å²) >= 11 is 0. The van der Waals surface area contributed by atoms with E-state index < -0.39 is 0 Å². The maximum absolute atomic E-state index is 12.7. The SMILES string of the molecule is COc1ccc(C(NC(=O)CCn2cnc3c(C)cccc3c2=O)C(C)C)cc1. The topological polar surface area (TPSA) is 73.2 Å². The molecule has 0 aliphatic rings. The van der Waals surface area contributed by atoms with Crippen LogP contribution in [0.4, 0.5) is 0 Å². The molecule has 0 fully saturated rings. The minimum absolute atomic E-state index is 0.101. The van der Waals surface area contributed by atoms with Crippen LogP contribution in [0.2, 0.25) is 0 Å². The number of fused-ring (bicyclic) bond motifs is 1. The van der Waals surface area contributed by atoms with E-state index in [1.807, 2.05) is 43.3 Å². The van der Waals surface area contributed by atoms with Crippen molar-refractivity contribution in [3.63, 3.8) is 0 Å². The second-order valence-corrected chi connectivity index (χ2v) is 7.53. The van der Waals surface area contributed by atoms with Crippen molar-refractivity contribution in [2.45, 2.75) is 39.8 Å². The minimum Gasteiger partial charge on any atom is -0.497 e. The van der Waals surface area contributed by atoms with E-state index >= 15 is 0 Å². The first-order chi connectivity index (χ1) is 13.9. The van der Waals surface area contributed by atoms with Crippen molar-refractivity contribution in [2.75, 3.05) is 7.11 Å². The molecule has 6 nitrogen and oxygen atoms in total. The molecule has 1 heterocycles. The van der Waals surface area contributed by atoms with Gasteiger partial charge in [0.1, 0.15) is 5.75 Å². The summed E-state index contributed by atoms with van der Waals surface area (Å²) in [6.07, 6.45) is 1.73. The summed E-state index contributed by atoms with van der Waals surface area (Å²) in [6, 6.07) is 13.1. The van der Waals surface area contributed by atoms with Crippen molar-refractivity contribution in [1.82, 2.24) is 14.9 Å². The molecule has 0 aliphatic heterocycles. The molecule has 1 atom stereocenters. The van der Waals surface area contributed by atoms with Crippen molar-refractivity contribution in [3.05, 3.63) is 70.3 Å². The van der Waals surface area contributed by atoms with Gasteiger partial charge in [0.2, 0.25) is 5.91 Å². The van der Waals surface area contributed by atoms with Crippen molar-refractivity contribution >= 4 is 16.8 Å². The number of methoxy groups -OCH3 is 1. The Bertz CT molecular complexity index is 1060. The van der Waals surface area contributed by atoms with Gasteiger partial charge in [0, 0.05) is 13.0 Å². The third-order valence-electron chi connectivity index (χ3n) is 5.09. The number of nitrogens with zero attached hydrogens (tertiary/aromatic N) is 2.